The zero-order valence-corrected chi connectivity index (χ0v) is 11.1. The van der Waals surface area contributed by atoms with E-state index in [1.165, 1.54) is 19.3 Å². The van der Waals surface area contributed by atoms with Gasteiger partial charge in [-0.15, -0.1) is 0 Å². The number of halogens is 1. The number of nitrogens with zero attached hydrogens (tertiary/aromatic N) is 1. The van der Waals surface area contributed by atoms with Crippen molar-refractivity contribution >= 4 is 15.9 Å². The molecule has 2 unspecified atom stereocenters. The van der Waals surface area contributed by atoms with Gasteiger partial charge < -0.3 is 9.72 Å². The minimum atomic E-state index is 0.491. The van der Waals surface area contributed by atoms with E-state index in [9.17, 15) is 0 Å². The highest BCUT2D eigenvalue weighted by Crippen LogP contribution is 2.21. The highest BCUT2D eigenvalue weighted by molar-refractivity contribution is 9.09. The maximum Gasteiger partial charge on any atom is 0.107 e. The molecule has 1 aliphatic rings. The molecule has 2 heterocycles. The molecular weight excluding hydrogens is 268 g/mol. The van der Waals surface area contributed by atoms with Crippen molar-refractivity contribution in [3.63, 3.8) is 0 Å². The number of H-pyrrole nitrogens is 1. The average molecular weight is 287 g/mol. The molecule has 2 rings (SSSR count). The average Bonchev–Trinajstić information content (AvgIpc) is 2.81. The molecule has 0 aromatic carbocycles. The number of aromatic amines is 1. The Morgan fingerprint density at radius 3 is 3.19 bits per heavy atom. The van der Waals surface area contributed by atoms with Gasteiger partial charge in [0.15, 0.2) is 0 Å². The normalized spacial score (nSPS) is 23.2. The first-order valence-electron chi connectivity index (χ1n) is 6.08. The maximum atomic E-state index is 5.72. The lowest BCUT2D eigenvalue weighted by Gasteiger charge is -2.23. The second-order valence-electron chi connectivity index (χ2n) is 4.40. The van der Waals surface area contributed by atoms with E-state index in [2.05, 4.69) is 25.9 Å². The monoisotopic (exact) mass is 286 g/mol. The first-order valence-corrected chi connectivity index (χ1v) is 7.00. The summed E-state index contributed by atoms with van der Waals surface area (Å²) in [5, 5.41) is 0. The Morgan fingerprint density at radius 2 is 2.50 bits per heavy atom. The largest absolute Gasteiger partial charge is 0.378 e. The van der Waals surface area contributed by atoms with E-state index in [1.807, 2.05) is 6.20 Å². The van der Waals surface area contributed by atoms with E-state index >= 15 is 0 Å². The van der Waals surface area contributed by atoms with Crippen LogP contribution in [0, 0.1) is 0 Å². The van der Waals surface area contributed by atoms with Gasteiger partial charge >= 0.3 is 0 Å². The van der Waals surface area contributed by atoms with Crippen molar-refractivity contribution < 1.29 is 4.74 Å². The standard InChI is InChI=1S/C12H19BrN2O/c13-10(9-12-14-6-7-15-12)4-5-11-3-1-2-8-16-11/h6-7,10-11H,1-5,8-9H2,(H,14,15). The zero-order chi connectivity index (χ0) is 11.2. The number of imidazole rings is 1. The van der Waals surface area contributed by atoms with Crippen molar-refractivity contribution in [1.82, 2.24) is 9.97 Å². The van der Waals surface area contributed by atoms with Crippen LogP contribution in [0.2, 0.25) is 0 Å². The summed E-state index contributed by atoms with van der Waals surface area (Å²) in [5.41, 5.74) is 0. The van der Waals surface area contributed by atoms with E-state index in [-0.39, 0.29) is 0 Å². The van der Waals surface area contributed by atoms with Crippen LogP contribution in [-0.2, 0) is 11.2 Å². The highest BCUT2D eigenvalue weighted by Gasteiger charge is 2.16. The summed E-state index contributed by atoms with van der Waals surface area (Å²) in [6.45, 7) is 0.954. The second-order valence-corrected chi connectivity index (χ2v) is 5.70. The van der Waals surface area contributed by atoms with Gasteiger partial charge in [0.2, 0.25) is 0 Å². The number of hydrogen-bond acceptors (Lipinski definition) is 2. The summed E-state index contributed by atoms with van der Waals surface area (Å²) < 4.78 is 5.72. The number of hydrogen-bond donors (Lipinski definition) is 1. The van der Waals surface area contributed by atoms with E-state index in [4.69, 9.17) is 4.74 Å². The summed E-state index contributed by atoms with van der Waals surface area (Å²) >= 11 is 3.71. The van der Waals surface area contributed by atoms with Gasteiger partial charge in [-0.3, -0.25) is 0 Å². The van der Waals surface area contributed by atoms with Crippen LogP contribution in [0.3, 0.4) is 0 Å². The molecule has 1 aromatic rings. The van der Waals surface area contributed by atoms with Crippen LogP contribution in [0.25, 0.3) is 0 Å². The molecule has 0 saturated carbocycles. The van der Waals surface area contributed by atoms with E-state index in [0.717, 1.165) is 31.7 Å². The lowest BCUT2D eigenvalue weighted by Crippen LogP contribution is -2.20. The third-order valence-corrected chi connectivity index (χ3v) is 3.83. The van der Waals surface area contributed by atoms with Crippen LogP contribution in [0.4, 0.5) is 0 Å². The van der Waals surface area contributed by atoms with Gasteiger partial charge in [-0.2, -0.15) is 0 Å². The molecule has 3 nitrogen and oxygen atoms in total. The van der Waals surface area contributed by atoms with Crippen molar-refractivity contribution in [1.29, 1.82) is 0 Å². The van der Waals surface area contributed by atoms with Gasteiger partial charge in [0.05, 0.1) is 6.10 Å². The van der Waals surface area contributed by atoms with Gasteiger partial charge in [0, 0.05) is 30.2 Å². The van der Waals surface area contributed by atoms with Gasteiger partial charge in [-0.05, 0) is 32.1 Å². The van der Waals surface area contributed by atoms with E-state index in [1.54, 1.807) is 6.20 Å². The van der Waals surface area contributed by atoms with Crippen LogP contribution in [0.1, 0.15) is 37.9 Å². The van der Waals surface area contributed by atoms with E-state index in [0.29, 0.717) is 10.9 Å². The summed E-state index contributed by atoms with van der Waals surface area (Å²) in [6, 6.07) is 0. The molecule has 1 fully saturated rings. The van der Waals surface area contributed by atoms with Gasteiger partial charge in [0.1, 0.15) is 5.82 Å². The Labute approximate surface area is 105 Å². The van der Waals surface area contributed by atoms with Crippen LogP contribution in [-0.4, -0.2) is 27.5 Å². The zero-order valence-electron chi connectivity index (χ0n) is 9.49. The minimum Gasteiger partial charge on any atom is -0.378 e. The Balaban J connectivity index is 1.65. The SMILES string of the molecule is BrC(CCC1CCCCO1)Cc1ncc[nH]1. The van der Waals surface area contributed by atoms with Crippen LogP contribution in [0.5, 0.6) is 0 Å². The third-order valence-electron chi connectivity index (χ3n) is 3.05. The number of ether oxygens (including phenoxy) is 1. The van der Waals surface area contributed by atoms with Gasteiger partial charge in [-0.1, -0.05) is 15.9 Å². The predicted octanol–water partition coefficient (Wildman–Crippen LogP) is 3.07. The van der Waals surface area contributed by atoms with Crippen molar-refractivity contribution in [2.45, 2.75) is 49.5 Å². The molecule has 0 amide bonds. The number of alkyl halides is 1. The Hall–Kier alpha value is -0.350. The van der Waals surface area contributed by atoms with Crippen molar-refractivity contribution in [3.05, 3.63) is 18.2 Å². The van der Waals surface area contributed by atoms with Crippen LogP contribution < -0.4 is 0 Å². The first-order chi connectivity index (χ1) is 7.84. The summed E-state index contributed by atoms with van der Waals surface area (Å²) in [5.74, 6) is 1.06. The first kappa shape index (κ1) is 12.1. The molecule has 2 atom stereocenters. The molecule has 0 radical (unpaired) electrons. The fraction of sp³-hybridized carbons (Fsp3) is 0.750. The number of aromatic nitrogens is 2. The summed E-state index contributed by atoms with van der Waals surface area (Å²) in [6.07, 6.45) is 11.3. The molecule has 1 N–H and O–H groups in total. The van der Waals surface area contributed by atoms with Crippen LogP contribution in [0.15, 0.2) is 12.4 Å². The summed E-state index contributed by atoms with van der Waals surface area (Å²) in [7, 11) is 0. The molecule has 0 aliphatic carbocycles. The van der Waals surface area contributed by atoms with Gasteiger partial charge in [-0.25, -0.2) is 4.98 Å². The third kappa shape index (κ3) is 3.91. The van der Waals surface area contributed by atoms with Crippen molar-refractivity contribution in [2.75, 3.05) is 6.61 Å². The maximum absolute atomic E-state index is 5.72. The Bertz CT molecular complexity index is 283. The summed E-state index contributed by atoms with van der Waals surface area (Å²) in [4.78, 5) is 7.87. The fourth-order valence-electron chi connectivity index (χ4n) is 2.12. The van der Waals surface area contributed by atoms with E-state index < -0.39 is 0 Å². The topological polar surface area (TPSA) is 37.9 Å². The lowest BCUT2D eigenvalue weighted by molar-refractivity contribution is 0.0102. The molecular formula is C12H19BrN2O. The Kier molecular flexibility index (Phi) is 4.85. The number of rotatable bonds is 5. The predicted molar refractivity (Wildman–Crippen MR) is 67.8 cm³/mol. The highest BCUT2D eigenvalue weighted by atomic mass is 79.9. The molecule has 4 heteroatoms. The van der Waals surface area contributed by atoms with Crippen LogP contribution >= 0.6 is 15.9 Å². The number of nitrogens with one attached hydrogen (secondary N) is 1. The Morgan fingerprint density at radius 1 is 1.56 bits per heavy atom. The quantitative estimate of drug-likeness (QED) is 0.845. The molecule has 0 spiro atoms. The molecule has 90 valence electrons. The van der Waals surface area contributed by atoms with Crippen molar-refractivity contribution in [2.24, 2.45) is 0 Å². The molecule has 1 aromatic heterocycles. The molecule has 1 aliphatic heterocycles. The molecule has 16 heavy (non-hydrogen) atoms. The van der Waals surface area contributed by atoms with Gasteiger partial charge in [0.25, 0.3) is 0 Å². The second kappa shape index (κ2) is 6.40. The molecule has 0 bridgehead atoms. The smallest absolute Gasteiger partial charge is 0.107 e. The fourth-order valence-corrected chi connectivity index (χ4v) is 2.69. The minimum absolute atomic E-state index is 0.491. The lowest BCUT2D eigenvalue weighted by atomic mass is 10.0. The molecule has 1 saturated heterocycles. The van der Waals surface area contributed by atoms with Crippen molar-refractivity contribution in [3.8, 4) is 0 Å².